The van der Waals surface area contributed by atoms with Gasteiger partial charge in [0.1, 0.15) is 0 Å². The summed E-state index contributed by atoms with van der Waals surface area (Å²) < 4.78 is 6.13. The van der Waals surface area contributed by atoms with Gasteiger partial charge in [-0.15, -0.1) is 0 Å². The fraction of sp³-hybridized carbons (Fsp3) is 0. The second kappa shape index (κ2) is 5.26. The van der Waals surface area contributed by atoms with Gasteiger partial charge < -0.3 is 10.3 Å². The summed E-state index contributed by atoms with van der Waals surface area (Å²) in [4.78, 5) is 4.36. The van der Waals surface area contributed by atoms with Crippen molar-refractivity contribution in [2.24, 2.45) is 0 Å². The average molecular weight is 351 g/mol. The van der Waals surface area contributed by atoms with E-state index in [1.54, 1.807) is 18.2 Å². The number of rotatable bonds is 2. The maximum atomic E-state index is 6.12. The Morgan fingerprint density at radius 2 is 1.95 bits per heavy atom. The predicted octanol–water partition coefficient (Wildman–Crippen LogP) is 4.40. The van der Waals surface area contributed by atoms with Gasteiger partial charge in [-0.1, -0.05) is 44.8 Å². The summed E-state index contributed by atoms with van der Waals surface area (Å²) in [5, 5.41) is 4.53. The Balaban J connectivity index is 2.04. The monoisotopic (exact) mass is 349 g/mol. The van der Waals surface area contributed by atoms with Gasteiger partial charge >= 0.3 is 0 Å². The van der Waals surface area contributed by atoms with Crippen molar-refractivity contribution < 1.29 is 4.52 Å². The number of anilines is 1. The lowest BCUT2D eigenvalue weighted by molar-refractivity contribution is 0.432. The highest BCUT2D eigenvalue weighted by atomic mass is 79.9. The van der Waals surface area contributed by atoms with Gasteiger partial charge in [0.2, 0.25) is 5.82 Å². The molecule has 0 aliphatic heterocycles. The van der Waals surface area contributed by atoms with Crippen molar-refractivity contribution in [1.29, 1.82) is 0 Å². The third-order valence-corrected chi connectivity index (χ3v) is 3.50. The van der Waals surface area contributed by atoms with Crippen LogP contribution in [-0.4, -0.2) is 10.1 Å². The second-order valence-electron chi connectivity index (χ2n) is 4.18. The Bertz CT molecular complexity index is 752. The van der Waals surface area contributed by atoms with Crippen LogP contribution in [0, 0.1) is 0 Å². The van der Waals surface area contributed by atoms with Gasteiger partial charge in [0.25, 0.3) is 5.89 Å². The van der Waals surface area contributed by atoms with E-state index >= 15 is 0 Å². The van der Waals surface area contributed by atoms with Crippen LogP contribution in [0.15, 0.2) is 51.5 Å². The minimum Gasteiger partial charge on any atom is -0.399 e. The highest BCUT2D eigenvalue weighted by Crippen LogP contribution is 2.29. The highest BCUT2D eigenvalue weighted by Gasteiger charge is 2.13. The van der Waals surface area contributed by atoms with E-state index in [1.807, 2.05) is 24.3 Å². The largest absolute Gasteiger partial charge is 0.399 e. The van der Waals surface area contributed by atoms with Crippen LogP contribution in [0.1, 0.15) is 0 Å². The van der Waals surface area contributed by atoms with E-state index in [0.717, 1.165) is 15.6 Å². The lowest BCUT2D eigenvalue weighted by Crippen LogP contribution is -1.87. The van der Waals surface area contributed by atoms with E-state index < -0.39 is 0 Å². The smallest absolute Gasteiger partial charge is 0.258 e. The van der Waals surface area contributed by atoms with Gasteiger partial charge in [-0.2, -0.15) is 4.98 Å². The van der Waals surface area contributed by atoms with Gasteiger partial charge in [0, 0.05) is 21.3 Å². The summed E-state index contributed by atoms with van der Waals surface area (Å²) in [7, 11) is 0. The van der Waals surface area contributed by atoms with Crippen LogP contribution in [-0.2, 0) is 0 Å². The SMILES string of the molecule is Nc1cc(Br)cc(-c2nc(-c3ccccc3Cl)no2)c1. The van der Waals surface area contributed by atoms with E-state index in [1.165, 1.54) is 0 Å². The number of hydrogen-bond donors (Lipinski definition) is 1. The molecule has 0 saturated heterocycles. The van der Waals surface area contributed by atoms with Crippen LogP contribution in [0.3, 0.4) is 0 Å². The zero-order valence-corrected chi connectivity index (χ0v) is 12.5. The first-order valence-corrected chi connectivity index (χ1v) is 6.95. The molecule has 0 saturated carbocycles. The standard InChI is InChI=1S/C14H9BrClN3O/c15-9-5-8(6-10(17)7-9)14-18-13(19-20-14)11-3-1-2-4-12(11)16/h1-7H,17H2. The Hall–Kier alpha value is -1.85. The first-order valence-electron chi connectivity index (χ1n) is 5.78. The molecule has 0 fully saturated rings. The van der Waals surface area contributed by atoms with Gasteiger partial charge in [-0.05, 0) is 30.3 Å². The Kier molecular flexibility index (Phi) is 3.46. The lowest BCUT2D eigenvalue weighted by atomic mass is 10.2. The quantitative estimate of drug-likeness (QED) is 0.696. The minimum absolute atomic E-state index is 0.396. The molecule has 4 nitrogen and oxygen atoms in total. The van der Waals surface area contributed by atoms with E-state index in [-0.39, 0.29) is 0 Å². The summed E-state index contributed by atoms with van der Waals surface area (Å²) in [6.07, 6.45) is 0. The molecule has 0 bridgehead atoms. The molecule has 0 aliphatic carbocycles. The highest BCUT2D eigenvalue weighted by molar-refractivity contribution is 9.10. The van der Waals surface area contributed by atoms with Crippen molar-refractivity contribution >= 4 is 33.2 Å². The summed E-state index contributed by atoms with van der Waals surface area (Å²) in [5.41, 5.74) is 7.90. The van der Waals surface area contributed by atoms with Gasteiger partial charge in [-0.25, -0.2) is 0 Å². The summed E-state index contributed by atoms with van der Waals surface area (Å²) in [5.74, 6) is 0.845. The van der Waals surface area contributed by atoms with Crippen LogP contribution in [0.5, 0.6) is 0 Å². The number of nitrogens with two attached hydrogens (primary N) is 1. The summed E-state index contributed by atoms with van der Waals surface area (Å²) in [6, 6.07) is 12.8. The minimum atomic E-state index is 0.396. The van der Waals surface area contributed by atoms with Gasteiger partial charge in [0.15, 0.2) is 0 Å². The topological polar surface area (TPSA) is 64.9 Å². The van der Waals surface area contributed by atoms with Crippen molar-refractivity contribution in [2.75, 3.05) is 5.73 Å². The van der Waals surface area contributed by atoms with Crippen LogP contribution in [0.25, 0.3) is 22.8 Å². The number of halogens is 2. The van der Waals surface area contributed by atoms with Crippen molar-refractivity contribution in [2.45, 2.75) is 0 Å². The fourth-order valence-electron chi connectivity index (χ4n) is 1.83. The molecule has 3 aromatic rings. The predicted molar refractivity (Wildman–Crippen MR) is 82.3 cm³/mol. The number of aromatic nitrogens is 2. The molecule has 0 radical (unpaired) electrons. The molecule has 0 aliphatic rings. The number of benzene rings is 2. The Labute approximate surface area is 128 Å². The lowest BCUT2D eigenvalue weighted by Gasteiger charge is -1.99. The molecule has 20 heavy (non-hydrogen) atoms. The van der Waals surface area contributed by atoms with Crippen LogP contribution in [0.4, 0.5) is 5.69 Å². The first kappa shape index (κ1) is 13.1. The molecular weight excluding hydrogens is 342 g/mol. The van der Waals surface area contributed by atoms with E-state index in [9.17, 15) is 0 Å². The molecule has 2 aromatic carbocycles. The molecule has 3 rings (SSSR count). The molecule has 0 amide bonds. The molecule has 0 unspecified atom stereocenters. The van der Waals surface area contributed by atoms with Crippen LogP contribution in [0.2, 0.25) is 5.02 Å². The molecule has 6 heteroatoms. The number of hydrogen-bond acceptors (Lipinski definition) is 4. The maximum absolute atomic E-state index is 6.12. The van der Waals surface area contributed by atoms with Crippen LogP contribution >= 0.6 is 27.5 Å². The van der Waals surface area contributed by atoms with Crippen molar-refractivity contribution in [1.82, 2.24) is 10.1 Å². The molecule has 0 spiro atoms. The Morgan fingerprint density at radius 1 is 1.15 bits per heavy atom. The third-order valence-electron chi connectivity index (χ3n) is 2.71. The normalized spacial score (nSPS) is 10.7. The Morgan fingerprint density at radius 3 is 2.70 bits per heavy atom. The molecule has 1 heterocycles. The number of nitrogen functional groups attached to an aromatic ring is 1. The fourth-order valence-corrected chi connectivity index (χ4v) is 2.56. The molecule has 1 aromatic heterocycles. The van der Waals surface area contributed by atoms with E-state index in [2.05, 4.69) is 26.1 Å². The molecule has 2 N–H and O–H groups in total. The zero-order chi connectivity index (χ0) is 14.1. The summed E-state index contributed by atoms with van der Waals surface area (Å²) >= 11 is 9.50. The van der Waals surface area contributed by atoms with Gasteiger partial charge in [-0.3, -0.25) is 0 Å². The molecule has 100 valence electrons. The summed E-state index contributed by atoms with van der Waals surface area (Å²) in [6.45, 7) is 0. The third kappa shape index (κ3) is 2.55. The van der Waals surface area contributed by atoms with Gasteiger partial charge in [0.05, 0.1) is 5.02 Å². The first-order chi connectivity index (χ1) is 9.63. The molecule has 0 atom stereocenters. The molecular formula is C14H9BrClN3O. The van der Waals surface area contributed by atoms with Crippen molar-refractivity contribution in [3.8, 4) is 22.8 Å². The average Bonchev–Trinajstić information content (AvgIpc) is 2.87. The van der Waals surface area contributed by atoms with Crippen LogP contribution < -0.4 is 5.73 Å². The maximum Gasteiger partial charge on any atom is 0.258 e. The zero-order valence-electron chi connectivity index (χ0n) is 10.2. The van der Waals surface area contributed by atoms with E-state index in [4.69, 9.17) is 21.9 Å². The second-order valence-corrected chi connectivity index (χ2v) is 5.50. The number of nitrogens with zero attached hydrogens (tertiary/aromatic N) is 2. The van der Waals surface area contributed by atoms with Crippen molar-refractivity contribution in [3.05, 3.63) is 52.0 Å². The van der Waals surface area contributed by atoms with E-state index in [0.29, 0.717) is 22.4 Å². The van der Waals surface area contributed by atoms with Crippen molar-refractivity contribution in [3.63, 3.8) is 0 Å².